The van der Waals surface area contributed by atoms with Gasteiger partial charge >= 0.3 is 0 Å². The molecule has 3 atom stereocenters. The molecule has 0 heterocycles. The van der Waals surface area contributed by atoms with Gasteiger partial charge in [-0.15, -0.1) is 0 Å². The molecular formula is C21H31NO2. The molecule has 24 heavy (non-hydrogen) atoms. The van der Waals surface area contributed by atoms with E-state index in [9.17, 15) is 9.59 Å². The summed E-state index contributed by atoms with van der Waals surface area (Å²) in [5.74, 6) is 1.47. The summed E-state index contributed by atoms with van der Waals surface area (Å²) in [6, 6.07) is 0.328. The van der Waals surface area contributed by atoms with Crippen LogP contribution in [-0.4, -0.2) is 17.7 Å². The van der Waals surface area contributed by atoms with Gasteiger partial charge in [-0.25, -0.2) is 0 Å². The zero-order valence-corrected chi connectivity index (χ0v) is 15.2. The van der Waals surface area contributed by atoms with E-state index in [1.54, 1.807) is 0 Å². The van der Waals surface area contributed by atoms with Crippen LogP contribution in [0, 0.1) is 17.8 Å². The third kappa shape index (κ3) is 3.50. The van der Waals surface area contributed by atoms with Gasteiger partial charge in [-0.1, -0.05) is 38.3 Å². The van der Waals surface area contributed by atoms with Crippen LogP contribution in [0.4, 0.5) is 0 Å². The van der Waals surface area contributed by atoms with Crippen LogP contribution >= 0.6 is 0 Å². The largest absolute Gasteiger partial charge is 0.350 e. The third-order valence-corrected chi connectivity index (χ3v) is 6.60. The molecule has 0 bridgehead atoms. The van der Waals surface area contributed by atoms with E-state index in [1.165, 1.54) is 24.8 Å². The molecule has 1 N–H and O–H groups in total. The molecule has 132 valence electrons. The summed E-state index contributed by atoms with van der Waals surface area (Å²) in [5, 5.41) is 3.21. The summed E-state index contributed by atoms with van der Waals surface area (Å²) in [4.78, 5) is 24.8. The van der Waals surface area contributed by atoms with E-state index in [2.05, 4.69) is 18.8 Å². The summed E-state index contributed by atoms with van der Waals surface area (Å²) in [6.45, 7) is 8.37. The summed E-state index contributed by atoms with van der Waals surface area (Å²) < 4.78 is 0. The highest BCUT2D eigenvalue weighted by atomic mass is 16.1. The molecule has 3 aliphatic rings. The fraction of sp³-hybridized carbons (Fsp3) is 0.714. The van der Waals surface area contributed by atoms with Gasteiger partial charge in [0.2, 0.25) is 5.91 Å². The predicted octanol–water partition coefficient (Wildman–Crippen LogP) is 4.33. The van der Waals surface area contributed by atoms with E-state index in [-0.39, 0.29) is 11.8 Å². The van der Waals surface area contributed by atoms with Crippen molar-refractivity contribution in [3.63, 3.8) is 0 Å². The molecule has 0 aromatic rings. The van der Waals surface area contributed by atoms with Gasteiger partial charge in [-0.2, -0.15) is 0 Å². The lowest BCUT2D eigenvalue weighted by molar-refractivity contribution is -0.119. The summed E-state index contributed by atoms with van der Waals surface area (Å²) >= 11 is 0. The molecule has 3 aliphatic carbocycles. The predicted molar refractivity (Wildman–Crippen MR) is 96.5 cm³/mol. The SMILES string of the molecule is C=C(C(=O)NC1CCCCC1)[C@H]1CCC(C)C2CC(=O)C(C)=C2C1. The van der Waals surface area contributed by atoms with Gasteiger partial charge in [0.1, 0.15) is 0 Å². The first-order valence-corrected chi connectivity index (χ1v) is 9.70. The Kier molecular flexibility index (Phi) is 5.27. The van der Waals surface area contributed by atoms with Crippen molar-refractivity contribution in [2.45, 2.75) is 77.7 Å². The van der Waals surface area contributed by atoms with Crippen molar-refractivity contribution >= 4 is 11.7 Å². The maximum absolute atomic E-state index is 12.6. The maximum atomic E-state index is 12.6. The Morgan fingerprint density at radius 2 is 1.79 bits per heavy atom. The average molecular weight is 329 g/mol. The Morgan fingerprint density at radius 1 is 1.08 bits per heavy atom. The third-order valence-electron chi connectivity index (χ3n) is 6.60. The number of hydrogen-bond donors (Lipinski definition) is 1. The van der Waals surface area contributed by atoms with Crippen molar-refractivity contribution in [3.8, 4) is 0 Å². The monoisotopic (exact) mass is 329 g/mol. The highest BCUT2D eigenvalue weighted by molar-refractivity contribution is 5.99. The highest BCUT2D eigenvalue weighted by Crippen LogP contribution is 2.45. The number of carbonyl (C=O) groups is 2. The maximum Gasteiger partial charge on any atom is 0.247 e. The quantitative estimate of drug-likeness (QED) is 0.783. The Labute approximate surface area is 146 Å². The van der Waals surface area contributed by atoms with Crippen LogP contribution in [0.15, 0.2) is 23.3 Å². The lowest BCUT2D eigenvalue weighted by atomic mass is 9.86. The summed E-state index contributed by atoms with van der Waals surface area (Å²) in [5.41, 5.74) is 2.99. The number of nitrogens with one attached hydrogen (secondary N) is 1. The Hall–Kier alpha value is -1.38. The number of hydrogen-bond acceptors (Lipinski definition) is 2. The van der Waals surface area contributed by atoms with Gasteiger partial charge in [-0.3, -0.25) is 9.59 Å². The van der Waals surface area contributed by atoms with Crippen molar-refractivity contribution in [2.75, 3.05) is 0 Å². The van der Waals surface area contributed by atoms with E-state index in [0.717, 1.165) is 43.3 Å². The van der Waals surface area contributed by atoms with Crippen molar-refractivity contribution in [2.24, 2.45) is 17.8 Å². The fourth-order valence-electron chi connectivity index (χ4n) is 4.82. The van der Waals surface area contributed by atoms with Gasteiger partial charge in [0, 0.05) is 18.0 Å². The number of rotatable bonds is 3. The molecular weight excluding hydrogens is 298 g/mol. The van der Waals surface area contributed by atoms with Crippen molar-refractivity contribution in [1.82, 2.24) is 5.32 Å². The molecule has 0 aromatic carbocycles. The molecule has 2 fully saturated rings. The van der Waals surface area contributed by atoms with Gasteiger partial charge in [-0.05, 0) is 62.4 Å². The second kappa shape index (κ2) is 7.25. The number of carbonyl (C=O) groups excluding carboxylic acids is 2. The van der Waals surface area contributed by atoms with Crippen LogP contribution in [0.2, 0.25) is 0 Å². The van der Waals surface area contributed by atoms with Crippen molar-refractivity contribution in [1.29, 1.82) is 0 Å². The van der Waals surface area contributed by atoms with Crippen LogP contribution in [0.25, 0.3) is 0 Å². The van der Waals surface area contributed by atoms with Gasteiger partial charge in [0.15, 0.2) is 5.78 Å². The molecule has 2 saturated carbocycles. The van der Waals surface area contributed by atoms with E-state index in [0.29, 0.717) is 30.1 Å². The molecule has 2 unspecified atom stereocenters. The Bertz CT molecular complexity index is 568. The normalized spacial score (nSPS) is 31.6. The lowest BCUT2D eigenvalue weighted by Crippen LogP contribution is -2.38. The first-order chi connectivity index (χ1) is 11.5. The van der Waals surface area contributed by atoms with Gasteiger partial charge in [0.25, 0.3) is 0 Å². The molecule has 0 aromatic heterocycles. The first-order valence-electron chi connectivity index (χ1n) is 9.70. The van der Waals surface area contributed by atoms with E-state index in [4.69, 9.17) is 0 Å². The zero-order chi connectivity index (χ0) is 17.3. The Morgan fingerprint density at radius 3 is 2.50 bits per heavy atom. The molecule has 1 amide bonds. The fourth-order valence-corrected chi connectivity index (χ4v) is 4.82. The molecule has 3 nitrogen and oxygen atoms in total. The molecule has 3 heteroatoms. The highest BCUT2D eigenvalue weighted by Gasteiger charge is 2.38. The minimum absolute atomic E-state index is 0.0422. The summed E-state index contributed by atoms with van der Waals surface area (Å²) in [7, 11) is 0. The average Bonchev–Trinajstić information content (AvgIpc) is 2.76. The van der Waals surface area contributed by atoms with Crippen LogP contribution < -0.4 is 5.32 Å². The van der Waals surface area contributed by atoms with E-state index in [1.807, 2.05) is 6.92 Å². The van der Waals surface area contributed by atoms with Crippen LogP contribution in [0.5, 0.6) is 0 Å². The lowest BCUT2D eigenvalue weighted by Gasteiger charge is -2.25. The van der Waals surface area contributed by atoms with E-state index >= 15 is 0 Å². The van der Waals surface area contributed by atoms with Crippen molar-refractivity contribution in [3.05, 3.63) is 23.3 Å². The minimum Gasteiger partial charge on any atom is -0.350 e. The Balaban J connectivity index is 1.68. The number of allylic oxidation sites excluding steroid dienone is 2. The second-order valence-corrected chi connectivity index (χ2v) is 8.17. The topological polar surface area (TPSA) is 46.2 Å². The summed E-state index contributed by atoms with van der Waals surface area (Å²) in [6.07, 6.45) is 9.54. The standard InChI is InChI=1S/C21H31NO2/c1-13-9-10-16(11-19-15(3)20(23)12-18(13)19)14(2)21(24)22-17-7-5-4-6-8-17/h13,16-18H,2,4-12H2,1,3H3,(H,22,24)/t13?,16-,18?/m0/s1. The van der Waals surface area contributed by atoms with Gasteiger partial charge < -0.3 is 5.32 Å². The van der Waals surface area contributed by atoms with Crippen LogP contribution in [0.3, 0.4) is 0 Å². The minimum atomic E-state index is 0.0422. The van der Waals surface area contributed by atoms with E-state index < -0.39 is 0 Å². The first kappa shape index (κ1) is 17.4. The smallest absolute Gasteiger partial charge is 0.247 e. The number of fused-ring (bicyclic) bond motifs is 1. The number of amides is 1. The molecule has 0 spiro atoms. The van der Waals surface area contributed by atoms with Crippen LogP contribution in [0.1, 0.15) is 71.6 Å². The molecule has 0 saturated heterocycles. The molecule has 0 aliphatic heterocycles. The number of ketones is 1. The van der Waals surface area contributed by atoms with Gasteiger partial charge in [0.05, 0.1) is 0 Å². The zero-order valence-electron chi connectivity index (χ0n) is 15.2. The number of Topliss-reactive ketones (excluding diaryl/α,β-unsaturated/α-hetero) is 1. The molecule has 3 rings (SSSR count). The van der Waals surface area contributed by atoms with Crippen molar-refractivity contribution < 1.29 is 9.59 Å². The second-order valence-electron chi connectivity index (χ2n) is 8.17. The van der Waals surface area contributed by atoms with Crippen LogP contribution in [-0.2, 0) is 9.59 Å². The molecule has 0 radical (unpaired) electrons.